The van der Waals surface area contributed by atoms with Crippen LogP contribution in [-0.4, -0.2) is 16.7 Å². The third-order valence-electron chi connectivity index (χ3n) is 4.90. The second-order valence-electron chi connectivity index (χ2n) is 7.56. The molecule has 1 aromatic rings. The number of nitrogens with two attached hydrogens (primary N) is 1. The first kappa shape index (κ1) is 16.5. The van der Waals surface area contributed by atoms with E-state index in [1.807, 2.05) is 0 Å². The Kier molecular flexibility index (Phi) is 5.80. The molecule has 1 aliphatic carbocycles. The maximum Gasteiger partial charge on any atom is 0.226 e. The molecule has 2 rings (SSSR count). The fourth-order valence-electron chi connectivity index (χ4n) is 3.35. The standard InChI is InChI=1S/C17H31N3O/c1-17(2,3)14-10-8-13(9-11-14)16-19-15(21-20-16)7-5-4-6-12-18/h13-14H,4-12,18H2,1-3H3. The van der Waals surface area contributed by atoms with Crippen LogP contribution in [0.3, 0.4) is 0 Å². The summed E-state index contributed by atoms with van der Waals surface area (Å²) in [5.41, 5.74) is 5.93. The molecule has 0 radical (unpaired) electrons. The molecular weight excluding hydrogens is 262 g/mol. The van der Waals surface area contributed by atoms with Gasteiger partial charge < -0.3 is 10.3 Å². The van der Waals surface area contributed by atoms with Gasteiger partial charge in [0.15, 0.2) is 5.82 Å². The Balaban J connectivity index is 1.80. The Morgan fingerprint density at radius 3 is 2.43 bits per heavy atom. The molecule has 4 heteroatoms. The summed E-state index contributed by atoms with van der Waals surface area (Å²) in [5, 5.41) is 4.22. The number of unbranched alkanes of at least 4 members (excludes halogenated alkanes) is 2. The lowest BCUT2D eigenvalue weighted by molar-refractivity contribution is 0.166. The average Bonchev–Trinajstić information content (AvgIpc) is 2.92. The zero-order chi connectivity index (χ0) is 15.3. The zero-order valence-electron chi connectivity index (χ0n) is 13.9. The van der Waals surface area contributed by atoms with E-state index in [-0.39, 0.29) is 0 Å². The van der Waals surface area contributed by atoms with Crippen molar-refractivity contribution in [1.82, 2.24) is 10.1 Å². The first-order valence-electron chi connectivity index (χ1n) is 8.53. The van der Waals surface area contributed by atoms with E-state index in [1.165, 1.54) is 25.7 Å². The van der Waals surface area contributed by atoms with Gasteiger partial charge in [0.2, 0.25) is 5.89 Å². The second kappa shape index (κ2) is 7.39. The van der Waals surface area contributed by atoms with Gasteiger partial charge in [-0.1, -0.05) is 32.3 Å². The Labute approximate surface area is 128 Å². The van der Waals surface area contributed by atoms with Crippen molar-refractivity contribution in [1.29, 1.82) is 0 Å². The molecule has 1 saturated carbocycles. The molecular formula is C17H31N3O. The number of rotatable bonds is 6. The molecule has 1 heterocycles. The molecule has 1 aromatic heterocycles. The Morgan fingerprint density at radius 2 is 1.81 bits per heavy atom. The van der Waals surface area contributed by atoms with Crippen molar-refractivity contribution in [2.75, 3.05) is 6.54 Å². The normalized spacial score (nSPS) is 23.4. The lowest BCUT2D eigenvalue weighted by Crippen LogP contribution is -2.25. The summed E-state index contributed by atoms with van der Waals surface area (Å²) in [6.07, 6.45) is 9.19. The molecule has 0 aromatic carbocycles. The molecule has 1 aliphatic rings. The highest BCUT2D eigenvalue weighted by Gasteiger charge is 2.31. The lowest BCUT2D eigenvalue weighted by atomic mass is 9.70. The maximum atomic E-state index is 5.50. The molecule has 0 atom stereocenters. The zero-order valence-corrected chi connectivity index (χ0v) is 13.9. The predicted octanol–water partition coefficient (Wildman–Crippen LogP) is 4.06. The van der Waals surface area contributed by atoms with Crippen molar-refractivity contribution < 1.29 is 4.52 Å². The van der Waals surface area contributed by atoms with Gasteiger partial charge in [-0.15, -0.1) is 0 Å². The molecule has 0 bridgehead atoms. The quantitative estimate of drug-likeness (QED) is 0.803. The van der Waals surface area contributed by atoms with E-state index in [9.17, 15) is 0 Å². The van der Waals surface area contributed by atoms with E-state index in [4.69, 9.17) is 10.3 Å². The predicted molar refractivity (Wildman–Crippen MR) is 85.1 cm³/mol. The topological polar surface area (TPSA) is 64.9 Å². The Morgan fingerprint density at radius 1 is 1.10 bits per heavy atom. The van der Waals surface area contributed by atoms with E-state index in [2.05, 4.69) is 30.9 Å². The highest BCUT2D eigenvalue weighted by molar-refractivity contribution is 4.98. The summed E-state index contributed by atoms with van der Waals surface area (Å²) in [6, 6.07) is 0. The first-order valence-corrected chi connectivity index (χ1v) is 8.53. The van der Waals surface area contributed by atoms with Crippen molar-refractivity contribution >= 4 is 0 Å². The van der Waals surface area contributed by atoms with Gasteiger partial charge in [0.1, 0.15) is 0 Å². The van der Waals surface area contributed by atoms with Crippen LogP contribution < -0.4 is 5.73 Å². The van der Waals surface area contributed by atoms with Gasteiger partial charge in [0.25, 0.3) is 0 Å². The van der Waals surface area contributed by atoms with Crippen LogP contribution in [0.4, 0.5) is 0 Å². The molecule has 0 spiro atoms. The highest BCUT2D eigenvalue weighted by Crippen LogP contribution is 2.42. The van der Waals surface area contributed by atoms with Crippen molar-refractivity contribution in [2.45, 2.75) is 78.1 Å². The van der Waals surface area contributed by atoms with Crippen LogP contribution in [-0.2, 0) is 6.42 Å². The third kappa shape index (κ3) is 4.80. The van der Waals surface area contributed by atoms with Crippen molar-refractivity contribution in [3.63, 3.8) is 0 Å². The number of aryl methyl sites for hydroxylation is 1. The number of hydrogen-bond donors (Lipinski definition) is 1. The fraction of sp³-hybridized carbons (Fsp3) is 0.882. The van der Waals surface area contributed by atoms with Crippen molar-refractivity contribution in [2.24, 2.45) is 17.1 Å². The molecule has 0 amide bonds. The average molecular weight is 293 g/mol. The van der Waals surface area contributed by atoms with E-state index >= 15 is 0 Å². The molecule has 1 fully saturated rings. The molecule has 4 nitrogen and oxygen atoms in total. The molecule has 120 valence electrons. The smallest absolute Gasteiger partial charge is 0.226 e. The van der Waals surface area contributed by atoms with Crippen LogP contribution in [0.5, 0.6) is 0 Å². The lowest BCUT2D eigenvalue weighted by Gasteiger charge is -2.36. The van der Waals surface area contributed by atoms with Gasteiger partial charge >= 0.3 is 0 Å². The van der Waals surface area contributed by atoms with Crippen LogP contribution in [0, 0.1) is 11.3 Å². The fourth-order valence-corrected chi connectivity index (χ4v) is 3.35. The molecule has 0 saturated heterocycles. The van der Waals surface area contributed by atoms with Crippen molar-refractivity contribution in [3.8, 4) is 0 Å². The minimum Gasteiger partial charge on any atom is -0.339 e. The molecule has 0 aliphatic heterocycles. The van der Waals surface area contributed by atoms with Gasteiger partial charge in [-0.3, -0.25) is 0 Å². The largest absolute Gasteiger partial charge is 0.339 e. The van der Waals surface area contributed by atoms with Crippen LogP contribution in [0.25, 0.3) is 0 Å². The van der Waals surface area contributed by atoms with Crippen LogP contribution in [0.1, 0.15) is 83.3 Å². The summed E-state index contributed by atoms with van der Waals surface area (Å²) < 4.78 is 5.40. The van der Waals surface area contributed by atoms with Crippen LogP contribution in [0.2, 0.25) is 0 Å². The van der Waals surface area contributed by atoms with Crippen LogP contribution in [0.15, 0.2) is 4.52 Å². The summed E-state index contributed by atoms with van der Waals surface area (Å²) >= 11 is 0. The third-order valence-corrected chi connectivity index (χ3v) is 4.90. The van der Waals surface area contributed by atoms with E-state index < -0.39 is 0 Å². The minimum atomic E-state index is 0.427. The second-order valence-corrected chi connectivity index (χ2v) is 7.56. The number of hydrogen-bond acceptors (Lipinski definition) is 4. The van der Waals surface area contributed by atoms with E-state index in [1.54, 1.807) is 0 Å². The highest BCUT2D eigenvalue weighted by atomic mass is 16.5. The summed E-state index contributed by atoms with van der Waals surface area (Å²) in [4.78, 5) is 4.61. The first-order chi connectivity index (χ1) is 10.0. The number of nitrogens with zero attached hydrogens (tertiary/aromatic N) is 2. The monoisotopic (exact) mass is 293 g/mol. The number of aromatic nitrogens is 2. The summed E-state index contributed by atoms with van der Waals surface area (Å²) in [5.74, 6) is 3.08. The van der Waals surface area contributed by atoms with E-state index in [0.717, 1.165) is 49.9 Å². The molecule has 0 unspecified atom stereocenters. The summed E-state index contributed by atoms with van der Waals surface area (Å²) in [7, 11) is 0. The van der Waals surface area contributed by atoms with Gasteiger partial charge in [-0.2, -0.15) is 4.98 Å². The van der Waals surface area contributed by atoms with Crippen molar-refractivity contribution in [3.05, 3.63) is 11.7 Å². The molecule has 21 heavy (non-hydrogen) atoms. The van der Waals surface area contributed by atoms with Gasteiger partial charge in [0, 0.05) is 12.3 Å². The van der Waals surface area contributed by atoms with Gasteiger partial charge in [-0.25, -0.2) is 0 Å². The Bertz CT molecular complexity index is 414. The Hall–Kier alpha value is -0.900. The maximum absolute atomic E-state index is 5.50. The van der Waals surface area contributed by atoms with E-state index in [0.29, 0.717) is 11.3 Å². The van der Waals surface area contributed by atoms with Crippen LogP contribution >= 0.6 is 0 Å². The van der Waals surface area contributed by atoms with Gasteiger partial charge in [0.05, 0.1) is 0 Å². The SMILES string of the molecule is CC(C)(C)C1CCC(c2noc(CCCCCN)n2)CC1. The minimum absolute atomic E-state index is 0.427. The van der Waals surface area contributed by atoms with Gasteiger partial charge in [-0.05, 0) is 56.4 Å². The summed E-state index contributed by atoms with van der Waals surface area (Å²) in [6.45, 7) is 7.83. The molecule has 2 N–H and O–H groups in total.